The van der Waals surface area contributed by atoms with Crippen molar-refractivity contribution in [3.05, 3.63) is 24.2 Å². The first-order chi connectivity index (χ1) is 11.0. The summed E-state index contributed by atoms with van der Waals surface area (Å²) in [6.45, 7) is 3.10. The minimum atomic E-state index is -4.76. The summed E-state index contributed by atoms with van der Waals surface area (Å²) in [7, 11) is 0. The number of carboxylic acids is 1. The molecule has 0 aliphatic carbocycles. The Morgan fingerprint density at radius 1 is 1.25 bits per heavy atom. The number of carbonyl (C=O) groups excluding carboxylic acids is 2. The topological polar surface area (TPSA) is 109 Å². The van der Waals surface area contributed by atoms with Gasteiger partial charge in [-0.25, -0.2) is 4.79 Å². The SMILES string of the molecule is CC(C)C(NC(=O)c1ccco1)C(=O)NC(CC(F)(F)F)C(=O)O. The predicted octanol–water partition coefficient (Wildman–Crippen LogP) is 1.56. The van der Waals surface area contributed by atoms with Crippen molar-refractivity contribution in [3.8, 4) is 0 Å². The van der Waals surface area contributed by atoms with Crippen LogP contribution < -0.4 is 10.6 Å². The van der Waals surface area contributed by atoms with Crippen LogP contribution in [0.1, 0.15) is 30.8 Å². The van der Waals surface area contributed by atoms with Gasteiger partial charge in [0, 0.05) is 0 Å². The number of carboxylic acid groups (broad SMARTS) is 1. The summed E-state index contributed by atoms with van der Waals surface area (Å²) in [6.07, 6.45) is -5.24. The second-order valence-electron chi connectivity index (χ2n) is 5.39. The van der Waals surface area contributed by atoms with Crippen molar-refractivity contribution in [2.24, 2.45) is 5.92 Å². The number of furan rings is 1. The number of aliphatic carboxylic acids is 1. The fraction of sp³-hybridized carbons (Fsp3) is 0.500. The molecule has 10 heteroatoms. The van der Waals surface area contributed by atoms with E-state index in [0.29, 0.717) is 0 Å². The van der Waals surface area contributed by atoms with Crippen molar-refractivity contribution < 1.29 is 37.1 Å². The lowest BCUT2D eigenvalue weighted by Gasteiger charge is -2.24. The number of rotatable bonds is 7. The summed E-state index contributed by atoms with van der Waals surface area (Å²) in [5.74, 6) is -4.17. The van der Waals surface area contributed by atoms with Crippen molar-refractivity contribution in [1.29, 1.82) is 0 Å². The molecule has 0 aliphatic heterocycles. The average Bonchev–Trinajstić information content (AvgIpc) is 2.95. The highest BCUT2D eigenvalue weighted by atomic mass is 19.4. The molecule has 0 saturated carbocycles. The third kappa shape index (κ3) is 5.94. The fourth-order valence-electron chi connectivity index (χ4n) is 1.85. The van der Waals surface area contributed by atoms with E-state index in [2.05, 4.69) is 5.32 Å². The lowest BCUT2D eigenvalue weighted by atomic mass is 10.0. The third-order valence-corrected chi connectivity index (χ3v) is 3.03. The van der Waals surface area contributed by atoms with Gasteiger partial charge in [0.25, 0.3) is 5.91 Å². The van der Waals surface area contributed by atoms with E-state index in [1.165, 1.54) is 18.4 Å². The molecule has 1 heterocycles. The Labute approximate surface area is 135 Å². The van der Waals surface area contributed by atoms with Crippen LogP contribution in [0.4, 0.5) is 13.2 Å². The summed E-state index contributed by atoms with van der Waals surface area (Å²) >= 11 is 0. The molecule has 2 amide bonds. The molecule has 2 atom stereocenters. The first-order valence-electron chi connectivity index (χ1n) is 6.95. The predicted molar refractivity (Wildman–Crippen MR) is 75.0 cm³/mol. The number of amides is 2. The van der Waals surface area contributed by atoms with Gasteiger partial charge in [0.15, 0.2) is 5.76 Å². The minimum absolute atomic E-state index is 0.0847. The molecular formula is C14H17F3N2O5. The minimum Gasteiger partial charge on any atom is -0.480 e. The second kappa shape index (κ2) is 7.84. The van der Waals surface area contributed by atoms with Gasteiger partial charge >= 0.3 is 12.1 Å². The van der Waals surface area contributed by atoms with E-state index in [0.717, 1.165) is 0 Å². The van der Waals surface area contributed by atoms with Gasteiger partial charge < -0.3 is 20.2 Å². The van der Waals surface area contributed by atoms with Gasteiger partial charge in [0.05, 0.1) is 12.7 Å². The molecule has 0 spiro atoms. The largest absolute Gasteiger partial charge is 0.480 e. The van der Waals surface area contributed by atoms with Gasteiger partial charge in [-0.2, -0.15) is 13.2 Å². The van der Waals surface area contributed by atoms with Crippen molar-refractivity contribution in [2.45, 2.75) is 38.5 Å². The van der Waals surface area contributed by atoms with E-state index in [-0.39, 0.29) is 5.76 Å². The molecule has 1 aromatic heterocycles. The van der Waals surface area contributed by atoms with Crippen molar-refractivity contribution >= 4 is 17.8 Å². The summed E-state index contributed by atoms with van der Waals surface area (Å²) in [4.78, 5) is 34.9. The van der Waals surface area contributed by atoms with E-state index in [1.54, 1.807) is 19.2 Å². The molecule has 0 saturated heterocycles. The lowest BCUT2D eigenvalue weighted by molar-refractivity contribution is -0.160. The van der Waals surface area contributed by atoms with Crippen LogP contribution in [0.25, 0.3) is 0 Å². The molecule has 0 fully saturated rings. The highest BCUT2D eigenvalue weighted by molar-refractivity contribution is 5.96. The summed E-state index contributed by atoms with van der Waals surface area (Å²) < 4.78 is 42.0. The average molecular weight is 350 g/mol. The van der Waals surface area contributed by atoms with Crippen LogP contribution >= 0.6 is 0 Å². The van der Waals surface area contributed by atoms with E-state index in [4.69, 9.17) is 9.52 Å². The van der Waals surface area contributed by atoms with E-state index in [1.807, 2.05) is 0 Å². The number of hydrogen-bond acceptors (Lipinski definition) is 4. The van der Waals surface area contributed by atoms with E-state index >= 15 is 0 Å². The molecule has 0 radical (unpaired) electrons. The number of halogens is 3. The number of nitrogens with one attached hydrogen (secondary N) is 2. The molecule has 7 nitrogen and oxygen atoms in total. The standard InChI is InChI=1S/C14H17F3N2O5/c1-7(2)10(19-11(20)9-4-3-5-24-9)12(21)18-8(13(22)23)6-14(15,16)17/h3-5,7-8,10H,6H2,1-2H3,(H,18,21)(H,19,20)(H,22,23). The first-order valence-corrected chi connectivity index (χ1v) is 6.95. The van der Waals surface area contributed by atoms with Crippen molar-refractivity contribution in [1.82, 2.24) is 10.6 Å². The number of alkyl halides is 3. The smallest absolute Gasteiger partial charge is 0.391 e. The molecular weight excluding hydrogens is 333 g/mol. The Hall–Kier alpha value is -2.52. The Bertz CT molecular complexity index is 584. The van der Waals surface area contributed by atoms with Gasteiger partial charge in [-0.3, -0.25) is 9.59 Å². The van der Waals surface area contributed by atoms with Gasteiger partial charge in [-0.05, 0) is 18.1 Å². The van der Waals surface area contributed by atoms with Crippen LogP contribution in [0.2, 0.25) is 0 Å². The highest BCUT2D eigenvalue weighted by Gasteiger charge is 2.38. The van der Waals surface area contributed by atoms with Crippen LogP contribution in [0, 0.1) is 5.92 Å². The molecule has 134 valence electrons. The van der Waals surface area contributed by atoms with Gasteiger partial charge in [0.1, 0.15) is 12.1 Å². The van der Waals surface area contributed by atoms with E-state index < -0.39 is 48.4 Å². The van der Waals surface area contributed by atoms with Gasteiger partial charge in [-0.1, -0.05) is 13.8 Å². The van der Waals surface area contributed by atoms with Gasteiger partial charge in [0.2, 0.25) is 5.91 Å². The first kappa shape index (κ1) is 19.5. The molecule has 1 rings (SSSR count). The normalized spacial score (nSPS) is 14.1. The zero-order valence-corrected chi connectivity index (χ0v) is 12.9. The number of hydrogen-bond donors (Lipinski definition) is 3. The molecule has 1 aromatic rings. The molecule has 2 unspecified atom stereocenters. The Morgan fingerprint density at radius 3 is 2.29 bits per heavy atom. The Morgan fingerprint density at radius 2 is 1.88 bits per heavy atom. The van der Waals surface area contributed by atoms with Crippen LogP contribution in [0.15, 0.2) is 22.8 Å². The molecule has 3 N–H and O–H groups in total. The Balaban J connectivity index is 2.81. The van der Waals surface area contributed by atoms with Crippen LogP contribution in [-0.4, -0.2) is 41.2 Å². The zero-order valence-electron chi connectivity index (χ0n) is 12.9. The number of carbonyl (C=O) groups is 3. The maximum atomic E-state index is 12.4. The monoisotopic (exact) mass is 350 g/mol. The van der Waals surface area contributed by atoms with Crippen LogP contribution in [0.5, 0.6) is 0 Å². The Kier molecular flexibility index (Phi) is 6.38. The van der Waals surface area contributed by atoms with Crippen LogP contribution in [-0.2, 0) is 9.59 Å². The molecule has 0 aromatic carbocycles. The summed E-state index contributed by atoms with van der Waals surface area (Å²) in [5, 5.41) is 12.9. The molecule has 24 heavy (non-hydrogen) atoms. The maximum Gasteiger partial charge on any atom is 0.391 e. The zero-order chi connectivity index (χ0) is 18.5. The summed E-state index contributed by atoms with van der Waals surface area (Å²) in [5.41, 5.74) is 0. The third-order valence-electron chi connectivity index (χ3n) is 3.03. The van der Waals surface area contributed by atoms with Gasteiger partial charge in [-0.15, -0.1) is 0 Å². The molecule has 0 bridgehead atoms. The quantitative estimate of drug-likeness (QED) is 0.691. The second-order valence-corrected chi connectivity index (χ2v) is 5.39. The van der Waals surface area contributed by atoms with E-state index in [9.17, 15) is 27.6 Å². The summed E-state index contributed by atoms with van der Waals surface area (Å²) in [6, 6.07) is -0.575. The maximum absolute atomic E-state index is 12.4. The highest BCUT2D eigenvalue weighted by Crippen LogP contribution is 2.22. The van der Waals surface area contributed by atoms with Crippen molar-refractivity contribution in [3.63, 3.8) is 0 Å². The fourth-order valence-corrected chi connectivity index (χ4v) is 1.85. The molecule has 0 aliphatic rings. The van der Waals surface area contributed by atoms with Crippen molar-refractivity contribution in [2.75, 3.05) is 0 Å². The lowest BCUT2D eigenvalue weighted by Crippen LogP contribution is -2.54. The van der Waals surface area contributed by atoms with Crippen LogP contribution in [0.3, 0.4) is 0 Å².